The molecule has 0 radical (unpaired) electrons. The molecular weight excluding hydrogens is 357 g/mol. The summed E-state index contributed by atoms with van der Waals surface area (Å²) in [6, 6.07) is 0. The van der Waals surface area contributed by atoms with E-state index in [0.717, 1.165) is 0 Å². The fraction of sp³-hybridized carbons (Fsp3) is 0. The summed E-state index contributed by atoms with van der Waals surface area (Å²) in [7, 11) is -9.83. The molecule has 2 N–H and O–H groups in total. The van der Waals surface area contributed by atoms with Gasteiger partial charge in [-0.1, -0.05) is 0 Å². The number of halogens is 1. The summed E-state index contributed by atoms with van der Waals surface area (Å²) in [6.07, 6.45) is 0. The summed E-state index contributed by atoms with van der Waals surface area (Å²) in [6.45, 7) is 0. The van der Waals surface area contributed by atoms with Gasteiger partial charge < -0.3 is 26.1 Å². The monoisotopic (exact) mass is 358 g/mol. The van der Waals surface area contributed by atoms with Crippen molar-refractivity contribution in [2.75, 3.05) is 0 Å². The van der Waals surface area contributed by atoms with Gasteiger partial charge in [-0.2, -0.15) is 8.42 Å². The van der Waals surface area contributed by atoms with Crippen LogP contribution in [-0.4, -0.2) is 35.0 Å². The van der Waals surface area contributed by atoms with Crippen molar-refractivity contribution < 1.29 is 163 Å². The van der Waals surface area contributed by atoms with E-state index in [-0.39, 0.29) is 127 Å². The Hall–Kier alpha value is 3.86. The van der Waals surface area contributed by atoms with Gasteiger partial charge in [0, 0.05) is 10.4 Å². The third kappa shape index (κ3) is 235. The van der Waals surface area contributed by atoms with Crippen molar-refractivity contribution in [3.05, 3.63) is 0 Å². The van der Waals surface area contributed by atoms with Gasteiger partial charge >= 0.3 is 121 Å². The third-order valence-electron chi connectivity index (χ3n) is 0. The smallest absolute Gasteiger partial charge is 1.00 e. The molecule has 0 aliphatic rings. The van der Waals surface area contributed by atoms with Crippen molar-refractivity contribution in [1.82, 2.24) is 0 Å². The first-order valence-electron chi connectivity index (χ1n) is 1.37. The Bertz CT molecular complexity index is 222. The Morgan fingerprint density at radius 1 is 0.857 bits per heavy atom. The van der Waals surface area contributed by atoms with Crippen molar-refractivity contribution >= 4 is 20.8 Å². The van der Waals surface area contributed by atoms with Gasteiger partial charge in [0.05, 0.1) is 0 Å². The Morgan fingerprint density at radius 2 is 0.857 bits per heavy atom. The van der Waals surface area contributed by atoms with Gasteiger partial charge in [-0.25, -0.2) is 0 Å². The maximum Gasteiger partial charge on any atom is 1.00 e. The van der Waals surface area contributed by atoms with Gasteiger partial charge in [-0.05, 0) is 0 Å². The van der Waals surface area contributed by atoms with E-state index in [1.54, 1.807) is 0 Å². The van der Waals surface area contributed by atoms with Crippen molar-refractivity contribution in [3.63, 3.8) is 0 Å². The van der Waals surface area contributed by atoms with Crippen LogP contribution in [0.4, 0.5) is 0 Å². The van der Waals surface area contributed by atoms with Crippen molar-refractivity contribution in [3.8, 4) is 0 Å². The van der Waals surface area contributed by atoms with Crippen LogP contribution in [0.1, 0.15) is 0 Å². The predicted octanol–water partition coefficient (Wildman–Crippen LogP) is -14.0. The molecule has 8 nitrogen and oxygen atoms in total. The second-order valence-electron chi connectivity index (χ2n) is 0.856. The molecule has 72 valence electrons. The number of hydrogen-bond donors (Lipinski definition) is 2. The molecule has 0 aromatic carbocycles. The zero-order valence-corrected chi connectivity index (χ0v) is 17.9. The minimum absolute atomic E-state index is 0. The first-order valence-corrected chi connectivity index (χ1v) is 4.10. The van der Waals surface area contributed by atoms with Crippen molar-refractivity contribution in [2.24, 2.45) is 0 Å². The van der Waals surface area contributed by atoms with E-state index in [0.29, 0.717) is 0 Å². The van der Waals surface area contributed by atoms with Crippen LogP contribution in [0.2, 0.25) is 0 Å². The molecule has 0 amide bonds. The average molecular weight is 359 g/mol. The third-order valence-corrected chi connectivity index (χ3v) is 0. The van der Waals surface area contributed by atoms with E-state index in [1.165, 1.54) is 0 Å². The number of rotatable bonds is 0. The summed E-state index contributed by atoms with van der Waals surface area (Å²) in [4.78, 5) is 0. The van der Waals surface area contributed by atoms with E-state index in [1.807, 2.05) is 0 Å². The molecule has 0 spiro atoms. The van der Waals surface area contributed by atoms with Crippen LogP contribution in [0, 0.1) is 0 Å². The molecule has 0 saturated carbocycles. The maximum atomic E-state index is 8.74. The van der Waals surface area contributed by atoms with E-state index in [4.69, 9.17) is 35.0 Å². The summed E-state index contributed by atoms with van der Waals surface area (Å²) in [5.74, 6) is 0. The second-order valence-corrected chi connectivity index (χ2v) is 2.57. The fourth-order valence-corrected chi connectivity index (χ4v) is 0. The van der Waals surface area contributed by atoms with Crippen LogP contribution in [0.5, 0.6) is 0 Å². The zero-order chi connectivity index (χ0) is 9.00. The molecule has 0 aromatic heterocycles. The van der Waals surface area contributed by atoms with E-state index in [9.17, 15) is 0 Å². The maximum absolute atomic E-state index is 8.74. The van der Waals surface area contributed by atoms with Crippen LogP contribution in [-0.2, 0) is 20.8 Å². The van der Waals surface area contributed by atoms with Gasteiger partial charge in [0.15, 0.2) is 0 Å². The van der Waals surface area contributed by atoms with Gasteiger partial charge in [0.25, 0.3) is 0 Å². The molecule has 0 atom stereocenters. The fourth-order valence-electron chi connectivity index (χ4n) is 0. The van der Waals surface area contributed by atoms with Crippen molar-refractivity contribution in [1.29, 1.82) is 0 Å². The first kappa shape index (κ1) is 36.1. The Kier molecular flexibility index (Phi) is 43.5. The van der Waals surface area contributed by atoms with Crippen LogP contribution in [0.25, 0.3) is 0 Å². The van der Waals surface area contributed by atoms with E-state index in [2.05, 4.69) is 0 Å². The molecule has 0 saturated heterocycles. The minimum atomic E-state index is -5.17. The quantitative estimate of drug-likeness (QED) is 0.245. The molecule has 14 heteroatoms. The Morgan fingerprint density at radius 3 is 0.857 bits per heavy atom. The van der Waals surface area contributed by atoms with Crippen LogP contribution < -0.4 is 127 Å². The molecule has 0 aromatic rings. The average Bonchev–Trinajstić information content (AvgIpc) is 1.12. The number of hydrogen-bond acceptors (Lipinski definition) is 6. The molecule has 0 fully saturated rings. The molecule has 0 bridgehead atoms. The summed E-state index contributed by atoms with van der Waals surface area (Å²) < 4.78 is 65.7. The van der Waals surface area contributed by atoms with Gasteiger partial charge in [0.2, 0.25) is 0 Å². The molecule has 0 aliphatic heterocycles. The minimum Gasteiger partial charge on any atom is -1.00 e. The molecule has 14 heavy (non-hydrogen) atoms. The molecular formula is H2BrKNa2O8S2. The Labute approximate surface area is 179 Å². The van der Waals surface area contributed by atoms with Crippen LogP contribution in [0.3, 0.4) is 0 Å². The largest absolute Gasteiger partial charge is 1.00 e. The summed E-state index contributed by atoms with van der Waals surface area (Å²) in [5, 5.41) is 0. The first-order chi connectivity index (χ1) is 4.00. The zero-order valence-electron chi connectivity index (χ0n) is 7.54. The Balaban J connectivity index is -0.0000000178. The van der Waals surface area contributed by atoms with Crippen LogP contribution >= 0.6 is 0 Å². The second kappa shape index (κ2) is 16.9. The van der Waals surface area contributed by atoms with Gasteiger partial charge in [0.1, 0.15) is 0 Å². The molecule has 0 rings (SSSR count). The van der Waals surface area contributed by atoms with Crippen LogP contribution in [0.15, 0.2) is 0 Å². The normalized spacial score (nSPS) is 8.29. The standard InChI is InChI=1S/BrH.K.2Na.2H2O4S/c;;;;2*1-5(2,3)4/h1H;;;;2*(H2,1,2,3,4)/q;3*+1;;/p-3. The SMILES string of the molecule is O=S(=O)(O)O.O=S(=O)([O-])[O-].[Br-].[K+].[Na+].[Na+]. The summed E-state index contributed by atoms with van der Waals surface area (Å²) >= 11 is 0. The predicted molar refractivity (Wildman–Crippen MR) is 24.7 cm³/mol. The topological polar surface area (TPSA) is 155 Å². The van der Waals surface area contributed by atoms with Crippen molar-refractivity contribution in [2.45, 2.75) is 0 Å². The van der Waals surface area contributed by atoms with Gasteiger partial charge in [-0.3, -0.25) is 17.5 Å². The molecule has 0 heterocycles. The van der Waals surface area contributed by atoms with E-state index < -0.39 is 20.8 Å². The van der Waals surface area contributed by atoms with E-state index >= 15 is 0 Å². The molecule has 0 aliphatic carbocycles. The molecule has 0 unspecified atom stereocenters. The van der Waals surface area contributed by atoms with Gasteiger partial charge in [-0.15, -0.1) is 0 Å². The summed E-state index contributed by atoms with van der Waals surface area (Å²) in [5.41, 5.74) is 0.